The van der Waals surface area contributed by atoms with Gasteiger partial charge in [-0.25, -0.2) is 14.4 Å². The molecular weight excluding hydrogens is 325 g/mol. The summed E-state index contributed by atoms with van der Waals surface area (Å²) in [5.41, 5.74) is 1.10. The summed E-state index contributed by atoms with van der Waals surface area (Å²) in [4.78, 5) is 21.8. The maximum atomic E-state index is 13.0. The molecule has 0 fully saturated rings. The Morgan fingerprint density at radius 1 is 1.12 bits per heavy atom. The summed E-state index contributed by atoms with van der Waals surface area (Å²) in [6, 6.07) is 11.1. The van der Waals surface area contributed by atoms with E-state index >= 15 is 0 Å². The lowest BCUT2D eigenvalue weighted by atomic mass is 10.2. The van der Waals surface area contributed by atoms with Crippen LogP contribution in [0, 0.1) is 5.82 Å². The predicted octanol–water partition coefficient (Wildman–Crippen LogP) is 2.05. The van der Waals surface area contributed by atoms with Crippen LogP contribution in [-0.2, 0) is 13.2 Å². The van der Waals surface area contributed by atoms with E-state index in [2.05, 4.69) is 15.1 Å². The number of para-hydroxylation sites is 1. The van der Waals surface area contributed by atoms with Gasteiger partial charge < -0.3 is 4.74 Å². The quantitative estimate of drug-likeness (QED) is 0.727. The minimum absolute atomic E-state index is 0.181. The number of halogens is 1. The van der Waals surface area contributed by atoms with Crippen LogP contribution in [0.1, 0.15) is 16.2 Å². The van der Waals surface area contributed by atoms with Gasteiger partial charge in [0.05, 0.1) is 18.9 Å². The van der Waals surface area contributed by atoms with Crippen molar-refractivity contribution in [3.63, 3.8) is 0 Å². The Hall–Kier alpha value is -3.29. The smallest absolute Gasteiger partial charge is 0.278 e. The van der Waals surface area contributed by atoms with Crippen molar-refractivity contribution in [2.75, 3.05) is 11.4 Å². The largest absolute Gasteiger partial charge is 0.487 e. The fourth-order valence-electron chi connectivity index (χ4n) is 2.63. The summed E-state index contributed by atoms with van der Waals surface area (Å²) in [6.45, 7) is 1.15. The minimum atomic E-state index is -0.543. The monoisotopic (exact) mass is 339 g/mol. The zero-order valence-electron chi connectivity index (χ0n) is 13.2. The summed E-state index contributed by atoms with van der Waals surface area (Å²) in [5.74, 6) is 0.108. The highest BCUT2D eigenvalue weighted by Gasteiger charge is 2.29. The molecule has 0 spiro atoms. The van der Waals surface area contributed by atoms with Crippen molar-refractivity contribution in [3.8, 4) is 5.75 Å². The second kappa shape index (κ2) is 6.31. The number of rotatable bonds is 4. The Labute approximate surface area is 142 Å². The lowest BCUT2D eigenvalue weighted by Gasteiger charge is -2.25. The first-order valence-electron chi connectivity index (χ1n) is 7.75. The van der Waals surface area contributed by atoms with Gasteiger partial charge >= 0.3 is 0 Å². The van der Waals surface area contributed by atoms with Gasteiger partial charge in [-0.3, -0.25) is 14.4 Å². The number of hydrogen-bond acceptors (Lipinski definition) is 5. The molecule has 0 atom stereocenters. The SMILES string of the molecule is O=C1c2cc(COc3ccccc3)nn2CCN1c1ncc(F)cn1. The molecule has 0 bridgehead atoms. The van der Waals surface area contributed by atoms with E-state index in [9.17, 15) is 9.18 Å². The number of nitrogens with zero attached hydrogens (tertiary/aromatic N) is 5. The minimum Gasteiger partial charge on any atom is -0.487 e. The molecule has 8 heteroatoms. The first kappa shape index (κ1) is 15.3. The van der Waals surface area contributed by atoms with Crippen LogP contribution >= 0.6 is 0 Å². The van der Waals surface area contributed by atoms with Crippen molar-refractivity contribution in [3.05, 3.63) is 66.0 Å². The van der Waals surface area contributed by atoms with Gasteiger partial charge in [0.2, 0.25) is 5.95 Å². The Bertz CT molecular complexity index is 895. The van der Waals surface area contributed by atoms with Crippen LogP contribution in [0.2, 0.25) is 0 Å². The van der Waals surface area contributed by atoms with Crippen molar-refractivity contribution in [2.45, 2.75) is 13.2 Å². The molecule has 1 aliphatic heterocycles. The third kappa shape index (κ3) is 3.06. The second-order valence-electron chi connectivity index (χ2n) is 5.50. The Balaban J connectivity index is 1.51. The molecule has 0 N–H and O–H groups in total. The topological polar surface area (TPSA) is 73.1 Å². The molecule has 7 nitrogen and oxygen atoms in total. The van der Waals surface area contributed by atoms with E-state index in [1.807, 2.05) is 30.3 Å². The molecule has 1 aliphatic rings. The zero-order valence-corrected chi connectivity index (χ0v) is 13.2. The van der Waals surface area contributed by atoms with Crippen LogP contribution < -0.4 is 9.64 Å². The highest BCUT2D eigenvalue weighted by molar-refractivity contribution is 6.04. The molecular formula is C17H14FN5O2. The molecule has 25 heavy (non-hydrogen) atoms. The number of amides is 1. The van der Waals surface area contributed by atoms with Crippen LogP contribution in [0.15, 0.2) is 48.8 Å². The molecule has 0 radical (unpaired) electrons. The van der Waals surface area contributed by atoms with Crippen LogP contribution in [0.4, 0.5) is 10.3 Å². The summed E-state index contributed by atoms with van der Waals surface area (Å²) >= 11 is 0. The van der Waals surface area contributed by atoms with Crippen molar-refractivity contribution in [1.82, 2.24) is 19.7 Å². The normalized spacial score (nSPS) is 13.6. The van der Waals surface area contributed by atoms with Gasteiger partial charge in [0.15, 0.2) is 5.82 Å². The molecule has 0 aliphatic carbocycles. The van der Waals surface area contributed by atoms with Gasteiger partial charge in [0.25, 0.3) is 5.91 Å². The molecule has 0 saturated heterocycles. The van der Waals surface area contributed by atoms with E-state index in [1.54, 1.807) is 10.7 Å². The van der Waals surface area contributed by atoms with E-state index in [0.717, 1.165) is 18.1 Å². The third-order valence-electron chi connectivity index (χ3n) is 3.81. The maximum absolute atomic E-state index is 13.0. The molecule has 1 aromatic carbocycles. The molecule has 0 unspecified atom stereocenters. The molecule has 3 aromatic rings. The number of hydrogen-bond donors (Lipinski definition) is 0. The number of carbonyl (C=O) groups is 1. The van der Waals surface area contributed by atoms with Crippen LogP contribution in [0.5, 0.6) is 5.75 Å². The molecule has 4 rings (SSSR count). The van der Waals surface area contributed by atoms with Crippen molar-refractivity contribution < 1.29 is 13.9 Å². The summed E-state index contributed by atoms with van der Waals surface area (Å²) in [6.07, 6.45) is 2.08. The van der Waals surface area contributed by atoms with Gasteiger partial charge in [-0.15, -0.1) is 0 Å². The second-order valence-corrected chi connectivity index (χ2v) is 5.50. The third-order valence-corrected chi connectivity index (χ3v) is 3.81. The summed E-state index contributed by atoms with van der Waals surface area (Å²) in [7, 11) is 0. The number of aromatic nitrogens is 4. The van der Waals surface area contributed by atoms with Gasteiger partial charge in [0, 0.05) is 6.54 Å². The van der Waals surface area contributed by atoms with Crippen LogP contribution in [0.3, 0.4) is 0 Å². The molecule has 3 heterocycles. The van der Waals surface area contributed by atoms with E-state index in [-0.39, 0.29) is 18.5 Å². The zero-order chi connectivity index (χ0) is 17.2. The van der Waals surface area contributed by atoms with E-state index in [0.29, 0.717) is 24.5 Å². The van der Waals surface area contributed by atoms with Crippen molar-refractivity contribution in [1.29, 1.82) is 0 Å². The fourth-order valence-corrected chi connectivity index (χ4v) is 2.63. The molecule has 0 saturated carbocycles. The number of benzene rings is 1. The number of anilines is 1. The number of fused-ring (bicyclic) bond motifs is 1. The first-order chi connectivity index (χ1) is 12.2. The van der Waals surface area contributed by atoms with Crippen molar-refractivity contribution in [2.24, 2.45) is 0 Å². The highest BCUT2D eigenvalue weighted by atomic mass is 19.1. The van der Waals surface area contributed by atoms with E-state index in [4.69, 9.17) is 4.74 Å². The highest BCUT2D eigenvalue weighted by Crippen LogP contribution is 2.19. The fraction of sp³-hybridized carbons (Fsp3) is 0.176. The standard InChI is InChI=1S/C17H14FN5O2/c18-12-9-19-17(20-10-12)22-6-7-23-15(16(22)24)8-13(21-23)11-25-14-4-2-1-3-5-14/h1-5,8-10H,6-7,11H2. The molecule has 1 amide bonds. The lowest BCUT2D eigenvalue weighted by Crippen LogP contribution is -2.41. The molecule has 126 valence electrons. The van der Waals surface area contributed by atoms with Crippen LogP contribution in [0.25, 0.3) is 0 Å². The average Bonchev–Trinajstić information content (AvgIpc) is 3.06. The summed E-state index contributed by atoms with van der Waals surface area (Å²) in [5, 5.41) is 4.40. The van der Waals surface area contributed by atoms with Gasteiger partial charge in [-0.05, 0) is 18.2 Å². The Morgan fingerprint density at radius 2 is 1.88 bits per heavy atom. The number of carbonyl (C=O) groups excluding carboxylic acids is 1. The Kier molecular flexibility index (Phi) is 3.85. The van der Waals surface area contributed by atoms with E-state index in [1.165, 1.54) is 4.90 Å². The molecule has 2 aromatic heterocycles. The van der Waals surface area contributed by atoms with Gasteiger partial charge in [-0.1, -0.05) is 18.2 Å². The number of ether oxygens (including phenoxy) is 1. The lowest BCUT2D eigenvalue weighted by molar-refractivity contribution is 0.0960. The van der Waals surface area contributed by atoms with Gasteiger partial charge in [0.1, 0.15) is 23.7 Å². The predicted molar refractivity (Wildman–Crippen MR) is 86.7 cm³/mol. The van der Waals surface area contributed by atoms with Gasteiger partial charge in [-0.2, -0.15) is 5.10 Å². The Morgan fingerprint density at radius 3 is 2.64 bits per heavy atom. The first-order valence-corrected chi connectivity index (χ1v) is 7.75. The average molecular weight is 339 g/mol. The van der Waals surface area contributed by atoms with Crippen LogP contribution in [-0.4, -0.2) is 32.2 Å². The maximum Gasteiger partial charge on any atom is 0.278 e. The summed E-state index contributed by atoms with van der Waals surface area (Å²) < 4.78 is 20.3. The van der Waals surface area contributed by atoms with Crippen molar-refractivity contribution >= 4 is 11.9 Å². The van der Waals surface area contributed by atoms with E-state index < -0.39 is 5.82 Å².